The first-order valence-electron chi connectivity index (χ1n) is 8.63. The van der Waals surface area contributed by atoms with Crippen LogP contribution in [0, 0.1) is 5.92 Å². The summed E-state index contributed by atoms with van der Waals surface area (Å²) in [7, 11) is 1.72. The number of rotatable bonds is 10. The number of amides is 1. The highest BCUT2D eigenvalue weighted by atomic mass is 16.5. The van der Waals surface area contributed by atoms with Gasteiger partial charge in [-0.3, -0.25) is 9.59 Å². The number of nitrogens with zero attached hydrogens (tertiary/aromatic N) is 1. The summed E-state index contributed by atoms with van der Waals surface area (Å²) in [5.74, 6) is -0.595. The van der Waals surface area contributed by atoms with Crippen LogP contribution in [0.1, 0.15) is 23.2 Å². The summed E-state index contributed by atoms with van der Waals surface area (Å²) in [4.78, 5) is 25.3. The molecule has 0 spiro atoms. The van der Waals surface area contributed by atoms with Gasteiger partial charge in [-0.1, -0.05) is 6.07 Å². The molecule has 7 nitrogen and oxygen atoms in total. The number of carbonyl (C=O) groups excluding carboxylic acids is 1. The Hall–Kier alpha value is -2.12. The van der Waals surface area contributed by atoms with E-state index in [0.29, 0.717) is 23.7 Å². The number of hydrogen-bond donors (Lipinski definition) is 3. The molecule has 1 aliphatic heterocycles. The summed E-state index contributed by atoms with van der Waals surface area (Å²) in [5, 5.41) is 14.5. The van der Waals surface area contributed by atoms with E-state index in [0.717, 1.165) is 39.1 Å². The van der Waals surface area contributed by atoms with Crippen LogP contribution in [-0.4, -0.2) is 68.3 Å². The molecule has 1 fully saturated rings. The highest BCUT2D eigenvalue weighted by Crippen LogP contribution is 2.16. The van der Waals surface area contributed by atoms with E-state index in [1.165, 1.54) is 0 Å². The van der Waals surface area contributed by atoms with Crippen molar-refractivity contribution in [2.24, 2.45) is 5.92 Å². The monoisotopic (exact) mass is 349 g/mol. The maximum Gasteiger partial charge on any atom is 0.322 e. The van der Waals surface area contributed by atoms with E-state index in [2.05, 4.69) is 15.5 Å². The van der Waals surface area contributed by atoms with Crippen molar-refractivity contribution in [2.75, 3.05) is 51.8 Å². The van der Waals surface area contributed by atoms with Crippen LogP contribution >= 0.6 is 0 Å². The SMILES string of the molecule is COCCCN1CC[C@H](CNC(=O)c2cccc(NCC(=O)O)c2)C1. The number of aliphatic carboxylic acids is 1. The summed E-state index contributed by atoms with van der Waals surface area (Å²) in [6, 6.07) is 6.89. The zero-order valence-electron chi connectivity index (χ0n) is 14.7. The summed E-state index contributed by atoms with van der Waals surface area (Å²) in [6.07, 6.45) is 2.12. The molecule has 1 aliphatic rings. The van der Waals surface area contributed by atoms with Gasteiger partial charge in [-0.05, 0) is 43.5 Å². The van der Waals surface area contributed by atoms with Crippen LogP contribution in [-0.2, 0) is 9.53 Å². The lowest BCUT2D eigenvalue weighted by atomic mass is 10.1. The van der Waals surface area contributed by atoms with E-state index in [9.17, 15) is 9.59 Å². The molecule has 0 bridgehead atoms. The van der Waals surface area contributed by atoms with Gasteiger partial charge < -0.3 is 25.4 Å². The minimum Gasteiger partial charge on any atom is -0.480 e. The summed E-state index contributed by atoms with van der Waals surface area (Å²) in [5.41, 5.74) is 1.16. The van der Waals surface area contributed by atoms with E-state index in [-0.39, 0.29) is 12.5 Å². The van der Waals surface area contributed by atoms with E-state index < -0.39 is 5.97 Å². The predicted molar refractivity (Wildman–Crippen MR) is 95.9 cm³/mol. The minimum atomic E-state index is -0.939. The average Bonchev–Trinajstić information content (AvgIpc) is 3.06. The number of carboxylic acid groups (broad SMARTS) is 1. The molecule has 2 rings (SSSR count). The lowest BCUT2D eigenvalue weighted by molar-refractivity contribution is -0.134. The van der Waals surface area contributed by atoms with Gasteiger partial charge in [0.15, 0.2) is 0 Å². The van der Waals surface area contributed by atoms with Crippen molar-refractivity contribution in [3.63, 3.8) is 0 Å². The van der Waals surface area contributed by atoms with Crippen molar-refractivity contribution >= 4 is 17.6 Å². The Morgan fingerprint density at radius 3 is 3.00 bits per heavy atom. The van der Waals surface area contributed by atoms with Crippen molar-refractivity contribution in [3.05, 3.63) is 29.8 Å². The van der Waals surface area contributed by atoms with Crippen molar-refractivity contribution in [1.82, 2.24) is 10.2 Å². The Balaban J connectivity index is 1.75. The molecule has 1 amide bonds. The topological polar surface area (TPSA) is 90.9 Å². The highest BCUT2D eigenvalue weighted by Gasteiger charge is 2.22. The normalized spacial score (nSPS) is 17.4. The Kier molecular flexibility index (Phi) is 7.69. The number of benzene rings is 1. The van der Waals surface area contributed by atoms with Crippen LogP contribution in [0.2, 0.25) is 0 Å². The summed E-state index contributed by atoms with van der Waals surface area (Å²) < 4.78 is 5.08. The second kappa shape index (κ2) is 10.0. The third-order valence-electron chi connectivity index (χ3n) is 4.31. The van der Waals surface area contributed by atoms with Crippen LogP contribution < -0.4 is 10.6 Å². The molecule has 0 aromatic heterocycles. The van der Waals surface area contributed by atoms with Gasteiger partial charge in [0.05, 0.1) is 0 Å². The molecular formula is C18H27N3O4. The second-order valence-electron chi connectivity index (χ2n) is 6.34. The van der Waals surface area contributed by atoms with Gasteiger partial charge >= 0.3 is 5.97 Å². The molecule has 0 unspecified atom stereocenters. The first-order chi connectivity index (χ1) is 12.1. The van der Waals surface area contributed by atoms with Crippen LogP contribution in [0.5, 0.6) is 0 Å². The van der Waals surface area contributed by atoms with Gasteiger partial charge in [0.2, 0.25) is 0 Å². The van der Waals surface area contributed by atoms with Crippen molar-refractivity contribution in [2.45, 2.75) is 12.8 Å². The molecule has 1 aromatic carbocycles. The number of nitrogens with one attached hydrogen (secondary N) is 2. The first-order valence-corrected chi connectivity index (χ1v) is 8.63. The molecule has 3 N–H and O–H groups in total. The molecule has 1 saturated heterocycles. The highest BCUT2D eigenvalue weighted by molar-refractivity contribution is 5.95. The van der Waals surface area contributed by atoms with E-state index >= 15 is 0 Å². The van der Waals surface area contributed by atoms with Gasteiger partial charge in [0.25, 0.3) is 5.91 Å². The number of methoxy groups -OCH3 is 1. The maximum absolute atomic E-state index is 12.3. The third kappa shape index (κ3) is 6.72. The lowest BCUT2D eigenvalue weighted by Gasteiger charge is -2.16. The third-order valence-corrected chi connectivity index (χ3v) is 4.31. The van der Waals surface area contributed by atoms with Crippen LogP contribution in [0.3, 0.4) is 0 Å². The van der Waals surface area contributed by atoms with E-state index in [1.54, 1.807) is 31.4 Å². The van der Waals surface area contributed by atoms with Crippen LogP contribution in [0.4, 0.5) is 5.69 Å². The molecule has 1 heterocycles. The minimum absolute atomic E-state index is 0.128. The quantitative estimate of drug-likeness (QED) is 0.551. The van der Waals surface area contributed by atoms with Crippen molar-refractivity contribution < 1.29 is 19.4 Å². The molecule has 138 valence electrons. The smallest absolute Gasteiger partial charge is 0.322 e. The van der Waals surface area contributed by atoms with Gasteiger partial charge in [0.1, 0.15) is 6.54 Å². The Morgan fingerprint density at radius 2 is 2.24 bits per heavy atom. The number of likely N-dealkylation sites (tertiary alicyclic amines) is 1. The van der Waals surface area contributed by atoms with Gasteiger partial charge in [-0.2, -0.15) is 0 Å². The zero-order valence-corrected chi connectivity index (χ0v) is 14.7. The lowest BCUT2D eigenvalue weighted by Crippen LogP contribution is -2.31. The maximum atomic E-state index is 12.3. The largest absolute Gasteiger partial charge is 0.480 e. The van der Waals surface area contributed by atoms with E-state index in [4.69, 9.17) is 9.84 Å². The Labute approximate surface area is 148 Å². The van der Waals surface area contributed by atoms with Crippen molar-refractivity contribution in [3.8, 4) is 0 Å². The van der Waals surface area contributed by atoms with Gasteiger partial charge in [-0.15, -0.1) is 0 Å². The fourth-order valence-corrected chi connectivity index (χ4v) is 3.00. The molecule has 25 heavy (non-hydrogen) atoms. The molecular weight excluding hydrogens is 322 g/mol. The number of ether oxygens (including phenoxy) is 1. The number of anilines is 1. The summed E-state index contributed by atoms with van der Waals surface area (Å²) in [6.45, 7) is 4.38. The van der Waals surface area contributed by atoms with Gasteiger partial charge in [-0.25, -0.2) is 0 Å². The van der Waals surface area contributed by atoms with Crippen LogP contribution in [0.25, 0.3) is 0 Å². The fraction of sp³-hybridized carbons (Fsp3) is 0.556. The Morgan fingerprint density at radius 1 is 1.40 bits per heavy atom. The molecule has 1 atom stereocenters. The van der Waals surface area contributed by atoms with Crippen LogP contribution in [0.15, 0.2) is 24.3 Å². The van der Waals surface area contributed by atoms with E-state index in [1.807, 2.05) is 0 Å². The predicted octanol–water partition coefficient (Wildman–Crippen LogP) is 1.27. The molecule has 1 aromatic rings. The molecule has 0 saturated carbocycles. The standard InChI is InChI=1S/C18H27N3O4/c1-25-9-3-7-21-8-6-14(13-21)11-20-18(24)15-4-2-5-16(10-15)19-12-17(22)23/h2,4-5,10,14,19H,3,6-9,11-13H2,1H3,(H,20,24)(H,22,23)/t14-/m1/s1. The number of carboxylic acids is 1. The van der Waals surface area contributed by atoms with Crippen molar-refractivity contribution in [1.29, 1.82) is 0 Å². The molecule has 0 aliphatic carbocycles. The molecule has 7 heteroatoms. The number of hydrogen-bond acceptors (Lipinski definition) is 5. The Bertz CT molecular complexity index is 579. The first kappa shape index (κ1) is 19.2. The summed E-state index contributed by atoms with van der Waals surface area (Å²) >= 11 is 0. The second-order valence-corrected chi connectivity index (χ2v) is 6.34. The molecule has 0 radical (unpaired) electrons. The number of carbonyl (C=O) groups is 2. The fourth-order valence-electron chi connectivity index (χ4n) is 3.00. The van der Waals surface area contributed by atoms with Gasteiger partial charge in [0, 0.05) is 44.6 Å². The average molecular weight is 349 g/mol. The zero-order chi connectivity index (χ0) is 18.1.